The number of nitrogens with one attached hydrogen (secondary N) is 1. The molecule has 1 saturated carbocycles. The van der Waals surface area contributed by atoms with Gasteiger partial charge in [-0.2, -0.15) is 0 Å². The number of hydrogen-bond donors (Lipinski definition) is 2. The van der Waals surface area contributed by atoms with E-state index in [1.165, 1.54) is 12.1 Å². The fourth-order valence-electron chi connectivity index (χ4n) is 2.77. The summed E-state index contributed by atoms with van der Waals surface area (Å²) >= 11 is 12.0. The lowest BCUT2D eigenvalue weighted by Gasteiger charge is -2.19. The van der Waals surface area contributed by atoms with Crippen LogP contribution in [0.25, 0.3) is 0 Å². The number of hydrogen-bond acceptors (Lipinski definition) is 3. The second kappa shape index (κ2) is 7.54. The molecule has 0 heterocycles. The number of rotatable bonds is 6. The third kappa shape index (κ3) is 4.20. The highest BCUT2D eigenvalue weighted by Gasteiger charge is 2.33. The van der Waals surface area contributed by atoms with Crippen LogP contribution in [0.2, 0.25) is 10.0 Å². The van der Waals surface area contributed by atoms with Gasteiger partial charge in [0.25, 0.3) is 5.91 Å². The van der Waals surface area contributed by atoms with Crippen LogP contribution in [0.5, 0.6) is 11.5 Å². The van der Waals surface area contributed by atoms with Crippen LogP contribution in [-0.4, -0.2) is 17.6 Å². The molecule has 6 heteroatoms. The Bertz CT molecular complexity index is 773. The molecule has 0 spiro atoms. The van der Waals surface area contributed by atoms with Gasteiger partial charge in [-0.25, -0.2) is 0 Å². The van der Waals surface area contributed by atoms with Crippen molar-refractivity contribution in [2.24, 2.45) is 5.92 Å². The van der Waals surface area contributed by atoms with Gasteiger partial charge < -0.3 is 15.2 Å². The molecular weight excluding hydrogens is 361 g/mol. The molecule has 0 bridgehead atoms. The molecule has 25 heavy (non-hydrogen) atoms. The Morgan fingerprint density at radius 3 is 2.56 bits per heavy atom. The van der Waals surface area contributed by atoms with Crippen LogP contribution in [-0.2, 0) is 0 Å². The summed E-state index contributed by atoms with van der Waals surface area (Å²) in [6.07, 6.45) is 2.15. The van der Waals surface area contributed by atoms with Gasteiger partial charge in [-0.15, -0.1) is 0 Å². The van der Waals surface area contributed by atoms with Gasteiger partial charge in [-0.1, -0.05) is 35.3 Å². The monoisotopic (exact) mass is 379 g/mol. The minimum atomic E-state index is -0.255. The first-order valence-electron chi connectivity index (χ1n) is 8.21. The average molecular weight is 380 g/mol. The standard InChI is InChI=1S/C19H19Cl2NO3/c1-2-25-16-10-13(9-15(21)18(16)23)19(24)22-17(11-3-4-11)12-5-7-14(20)8-6-12/h5-11,17,23H,2-4H2,1H3,(H,22,24). The van der Waals surface area contributed by atoms with E-state index in [4.69, 9.17) is 27.9 Å². The molecule has 2 N–H and O–H groups in total. The number of phenolic OH excluding ortho intramolecular Hbond substituents is 1. The second-order valence-corrected chi connectivity index (χ2v) is 6.92. The lowest BCUT2D eigenvalue weighted by molar-refractivity contribution is 0.0931. The minimum Gasteiger partial charge on any atom is -0.503 e. The fourth-order valence-corrected chi connectivity index (χ4v) is 3.10. The molecule has 1 aliphatic carbocycles. The average Bonchev–Trinajstić information content (AvgIpc) is 3.42. The van der Waals surface area contributed by atoms with Crippen LogP contribution < -0.4 is 10.1 Å². The van der Waals surface area contributed by atoms with E-state index >= 15 is 0 Å². The quantitative estimate of drug-likeness (QED) is 0.743. The SMILES string of the molecule is CCOc1cc(C(=O)NC(c2ccc(Cl)cc2)C2CC2)cc(Cl)c1O. The van der Waals surface area contributed by atoms with Gasteiger partial charge in [0, 0.05) is 10.6 Å². The van der Waals surface area contributed by atoms with Crippen molar-refractivity contribution >= 4 is 29.1 Å². The molecule has 1 unspecified atom stereocenters. The zero-order chi connectivity index (χ0) is 18.0. The van der Waals surface area contributed by atoms with Crippen molar-refractivity contribution in [2.75, 3.05) is 6.61 Å². The second-order valence-electron chi connectivity index (χ2n) is 6.08. The Morgan fingerprint density at radius 1 is 1.28 bits per heavy atom. The maximum Gasteiger partial charge on any atom is 0.251 e. The third-order valence-corrected chi connectivity index (χ3v) is 4.74. The van der Waals surface area contributed by atoms with Gasteiger partial charge in [0.05, 0.1) is 17.7 Å². The summed E-state index contributed by atoms with van der Waals surface area (Å²) in [6.45, 7) is 2.16. The number of benzene rings is 2. The number of carbonyl (C=O) groups excluding carboxylic acids is 1. The molecule has 2 aromatic rings. The Hall–Kier alpha value is -1.91. The van der Waals surface area contributed by atoms with Gasteiger partial charge in [0.15, 0.2) is 11.5 Å². The summed E-state index contributed by atoms with van der Waals surface area (Å²) in [5.74, 6) is 0.213. The highest BCUT2D eigenvalue weighted by molar-refractivity contribution is 6.32. The summed E-state index contributed by atoms with van der Waals surface area (Å²) < 4.78 is 5.34. The smallest absolute Gasteiger partial charge is 0.251 e. The molecule has 3 rings (SSSR count). The molecule has 0 aromatic heterocycles. The number of ether oxygens (including phenoxy) is 1. The molecule has 2 aromatic carbocycles. The van der Waals surface area contributed by atoms with E-state index < -0.39 is 0 Å². The normalized spacial score (nSPS) is 14.8. The zero-order valence-electron chi connectivity index (χ0n) is 13.8. The molecule has 1 amide bonds. The van der Waals surface area contributed by atoms with Crippen molar-refractivity contribution in [1.29, 1.82) is 0 Å². The molecule has 0 saturated heterocycles. The Balaban J connectivity index is 1.83. The minimum absolute atomic E-state index is 0.0760. The third-order valence-electron chi connectivity index (χ3n) is 4.20. The first-order valence-corrected chi connectivity index (χ1v) is 8.96. The number of carbonyl (C=O) groups is 1. The first-order chi connectivity index (χ1) is 12.0. The maximum atomic E-state index is 12.7. The van der Waals surface area contributed by atoms with Gasteiger partial charge in [0.1, 0.15) is 0 Å². The number of aromatic hydroxyl groups is 1. The van der Waals surface area contributed by atoms with Crippen LogP contribution in [0.15, 0.2) is 36.4 Å². The Morgan fingerprint density at radius 2 is 1.96 bits per heavy atom. The van der Waals surface area contributed by atoms with Crippen molar-refractivity contribution in [3.8, 4) is 11.5 Å². The van der Waals surface area contributed by atoms with Crippen molar-refractivity contribution in [3.05, 3.63) is 57.6 Å². The molecule has 1 fully saturated rings. The lowest BCUT2D eigenvalue weighted by Crippen LogP contribution is -2.29. The molecule has 0 aliphatic heterocycles. The Labute approximate surface area is 156 Å². The van der Waals surface area contributed by atoms with E-state index in [1.807, 2.05) is 24.3 Å². The van der Waals surface area contributed by atoms with E-state index in [2.05, 4.69) is 5.32 Å². The summed E-state index contributed by atoms with van der Waals surface area (Å²) in [5.41, 5.74) is 1.38. The molecule has 1 aliphatic rings. The molecule has 1 atom stereocenters. The van der Waals surface area contributed by atoms with Crippen molar-refractivity contribution in [3.63, 3.8) is 0 Å². The Kier molecular flexibility index (Phi) is 5.40. The van der Waals surface area contributed by atoms with Crippen LogP contribution in [0.1, 0.15) is 41.7 Å². The predicted octanol–water partition coefficient (Wildman–Crippen LogP) is 4.98. The van der Waals surface area contributed by atoms with Gasteiger partial charge in [-0.3, -0.25) is 4.79 Å². The molecular formula is C19H19Cl2NO3. The van der Waals surface area contributed by atoms with E-state index in [0.717, 1.165) is 18.4 Å². The van der Waals surface area contributed by atoms with Crippen molar-refractivity contribution in [2.45, 2.75) is 25.8 Å². The number of amides is 1. The summed E-state index contributed by atoms with van der Waals surface area (Å²) in [4.78, 5) is 12.7. The van der Waals surface area contributed by atoms with Gasteiger partial charge >= 0.3 is 0 Å². The van der Waals surface area contributed by atoms with E-state index in [-0.39, 0.29) is 28.5 Å². The molecule has 132 valence electrons. The predicted molar refractivity (Wildman–Crippen MR) is 98.7 cm³/mol. The van der Waals surface area contributed by atoms with Crippen molar-refractivity contribution < 1.29 is 14.6 Å². The number of phenols is 1. The van der Waals surface area contributed by atoms with Gasteiger partial charge in [0.2, 0.25) is 0 Å². The fraction of sp³-hybridized carbons (Fsp3) is 0.316. The van der Waals surface area contributed by atoms with Crippen molar-refractivity contribution in [1.82, 2.24) is 5.32 Å². The topological polar surface area (TPSA) is 58.6 Å². The zero-order valence-corrected chi connectivity index (χ0v) is 15.3. The van der Waals surface area contributed by atoms with Gasteiger partial charge in [-0.05, 0) is 55.5 Å². The van der Waals surface area contributed by atoms with Crippen LogP contribution in [0.3, 0.4) is 0 Å². The highest BCUT2D eigenvalue weighted by atomic mass is 35.5. The van der Waals surface area contributed by atoms with Crippen LogP contribution in [0.4, 0.5) is 0 Å². The lowest BCUT2D eigenvalue weighted by atomic mass is 10.0. The van der Waals surface area contributed by atoms with Crippen LogP contribution >= 0.6 is 23.2 Å². The maximum absolute atomic E-state index is 12.7. The molecule has 4 nitrogen and oxygen atoms in total. The van der Waals surface area contributed by atoms with Crippen LogP contribution in [0, 0.1) is 5.92 Å². The molecule has 0 radical (unpaired) electrons. The van der Waals surface area contributed by atoms with E-state index in [1.54, 1.807) is 6.92 Å². The number of halogens is 2. The summed E-state index contributed by atoms with van der Waals surface area (Å²) in [5, 5.41) is 13.7. The highest BCUT2D eigenvalue weighted by Crippen LogP contribution is 2.42. The van der Waals surface area contributed by atoms with E-state index in [0.29, 0.717) is 23.1 Å². The largest absolute Gasteiger partial charge is 0.503 e. The summed E-state index contributed by atoms with van der Waals surface area (Å²) in [6, 6.07) is 10.4. The van der Waals surface area contributed by atoms with E-state index in [9.17, 15) is 9.90 Å². The summed E-state index contributed by atoms with van der Waals surface area (Å²) in [7, 11) is 0. The first kappa shape index (κ1) is 17.9.